The molecule has 0 unspecified atom stereocenters. The van der Waals surface area contributed by atoms with Gasteiger partial charge >= 0.3 is 11.9 Å². The van der Waals surface area contributed by atoms with Gasteiger partial charge in [-0.25, -0.2) is 0 Å². The third kappa shape index (κ3) is 34.0. The number of amides is 2. The van der Waals surface area contributed by atoms with Gasteiger partial charge < -0.3 is 29.3 Å². The molecule has 0 aromatic heterocycles. The molecule has 292 valence electrons. The zero-order chi connectivity index (χ0) is 36.9. The van der Waals surface area contributed by atoms with Gasteiger partial charge in [0.1, 0.15) is 0 Å². The van der Waals surface area contributed by atoms with E-state index in [1.807, 2.05) is 19.0 Å². The third-order valence-electron chi connectivity index (χ3n) is 8.56. The van der Waals surface area contributed by atoms with E-state index in [1.54, 1.807) is 4.90 Å². The van der Waals surface area contributed by atoms with Crippen molar-refractivity contribution in [2.24, 2.45) is 0 Å². The highest BCUT2D eigenvalue weighted by Gasteiger charge is 2.13. The predicted octanol–water partition coefficient (Wildman–Crippen LogP) is 7.77. The van der Waals surface area contributed by atoms with Gasteiger partial charge in [0.15, 0.2) is 0 Å². The lowest BCUT2D eigenvalue weighted by Gasteiger charge is -2.21. The summed E-state index contributed by atoms with van der Waals surface area (Å²) in [5.74, 6) is -1.09. The molecule has 0 aliphatic rings. The maximum Gasteiger partial charge on any atom is 0.305 e. The van der Waals surface area contributed by atoms with Crippen LogP contribution in [0.4, 0.5) is 0 Å². The van der Waals surface area contributed by atoms with Gasteiger partial charge in [0.05, 0.1) is 26.4 Å². The normalized spacial score (nSPS) is 11.3. The summed E-state index contributed by atoms with van der Waals surface area (Å²) in [5.41, 5.74) is 0. The monoisotopic (exact) mass is 710 g/mol. The lowest BCUT2D eigenvalue weighted by Crippen LogP contribution is -2.33. The van der Waals surface area contributed by atoms with E-state index in [4.69, 9.17) is 14.2 Å². The quantitative estimate of drug-likeness (QED) is 0.0399. The lowest BCUT2D eigenvalue weighted by atomic mass is 10.1. The van der Waals surface area contributed by atoms with Gasteiger partial charge in [-0.1, -0.05) is 117 Å². The molecule has 0 bridgehead atoms. The van der Waals surface area contributed by atoms with Crippen LogP contribution in [0.3, 0.4) is 0 Å². The van der Waals surface area contributed by atoms with E-state index in [9.17, 15) is 19.2 Å². The van der Waals surface area contributed by atoms with Crippen molar-refractivity contribution in [1.82, 2.24) is 15.1 Å². The first-order chi connectivity index (χ1) is 24.3. The Morgan fingerprint density at radius 1 is 0.520 bits per heavy atom. The van der Waals surface area contributed by atoms with Crippen LogP contribution < -0.4 is 5.32 Å². The van der Waals surface area contributed by atoms with E-state index in [-0.39, 0.29) is 37.0 Å². The van der Waals surface area contributed by atoms with Crippen LogP contribution in [0.25, 0.3) is 0 Å². The van der Waals surface area contributed by atoms with Crippen LogP contribution in [0.1, 0.15) is 155 Å². The second kappa shape index (κ2) is 36.3. The van der Waals surface area contributed by atoms with E-state index in [2.05, 4.69) is 19.2 Å². The van der Waals surface area contributed by atoms with Crippen molar-refractivity contribution in [3.63, 3.8) is 0 Å². The Hall–Kier alpha value is -2.46. The minimum absolute atomic E-state index is 0.202. The molecule has 0 rings (SSSR count). The second-order valence-corrected chi connectivity index (χ2v) is 13.7. The topological polar surface area (TPSA) is 114 Å². The Morgan fingerprint density at radius 3 is 1.40 bits per heavy atom. The molecule has 0 radical (unpaired) electrons. The van der Waals surface area contributed by atoms with Crippen LogP contribution in [0.5, 0.6) is 0 Å². The third-order valence-corrected chi connectivity index (χ3v) is 8.56. The summed E-state index contributed by atoms with van der Waals surface area (Å²) in [5, 5.41) is 2.72. The molecule has 0 saturated carbocycles. The number of unbranched alkanes of at least 4 members (excludes halogenated alkanes) is 16. The maximum atomic E-state index is 13.0. The summed E-state index contributed by atoms with van der Waals surface area (Å²) in [6, 6.07) is 0. The highest BCUT2D eigenvalue weighted by atomic mass is 16.5. The Kier molecular flexibility index (Phi) is 34.5. The number of carbonyl (C=O) groups is 4. The highest BCUT2D eigenvalue weighted by molar-refractivity contribution is 5.96. The zero-order valence-corrected chi connectivity index (χ0v) is 32.6. The van der Waals surface area contributed by atoms with Gasteiger partial charge in [0.25, 0.3) is 0 Å². The predicted molar refractivity (Wildman–Crippen MR) is 203 cm³/mol. The number of esters is 2. The van der Waals surface area contributed by atoms with Gasteiger partial charge in [-0.05, 0) is 39.8 Å². The minimum Gasteiger partial charge on any atom is -0.466 e. The Labute approximate surface area is 305 Å². The molecule has 0 aromatic carbocycles. The SMILES string of the molecule is CCCCCCCCCCCC(=O)OCCCN(CCCOC(=O)CCCCCCCCCCC)C(=O)/C=C\C(=O)NCCOCCN(C)C. The molecule has 0 aliphatic heterocycles. The van der Waals surface area contributed by atoms with Gasteiger partial charge in [-0.3, -0.25) is 19.2 Å². The molecular formula is C40H75N3O7. The first-order valence-corrected chi connectivity index (χ1v) is 20.1. The first kappa shape index (κ1) is 47.5. The largest absolute Gasteiger partial charge is 0.466 e. The molecule has 0 heterocycles. The molecule has 0 aromatic rings. The second-order valence-electron chi connectivity index (χ2n) is 13.7. The fourth-order valence-corrected chi connectivity index (χ4v) is 5.43. The lowest BCUT2D eigenvalue weighted by molar-refractivity contribution is -0.144. The molecule has 50 heavy (non-hydrogen) atoms. The van der Waals surface area contributed by atoms with Crippen molar-refractivity contribution in [2.75, 3.05) is 66.7 Å². The molecule has 0 fully saturated rings. The van der Waals surface area contributed by atoms with Crippen molar-refractivity contribution in [3.8, 4) is 0 Å². The Bertz CT molecular complexity index is 824. The van der Waals surface area contributed by atoms with Crippen LogP contribution in [-0.4, -0.2) is 100 Å². The molecule has 10 heteroatoms. The molecule has 0 spiro atoms. The summed E-state index contributed by atoms with van der Waals surface area (Å²) in [6.07, 6.45) is 25.7. The highest BCUT2D eigenvalue weighted by Crippen LogP contribution is 2.12. The summed E-state index contributed by atoms with van der Waals surface area (Å²) in [6.45, 7) is 7.76. The van der Waals surface area contributed by atoms with Crippen LogP contribution in [0.2, 0.25) is 0 Å². The van der Waals surface area contributed by atoms with E-state index >= 15 is 0 Å². The van der Waals surface area contributed by atoms with Crippen LogP contribution in [0, 0.1) is 0 Å². The molecule has 0 saturated heterocycles. The number of rotatable bonds is 36. The summed E-state index contributed by atoms with van der Waals surface area (Å²) >= 11 is 0. The number of likely N-dealkylation sites (N-methyl/N-ethyl adjacent to an activating group) is 1. The van der Waals surface area contributed by atoms with E-state index in [0.717, 1.165) is 45.1 Å². The van der Waals surface area contributed by atoms with Crippen LogP contribution in [0.15, 0.2) is 12.2 Å². The number of hydrogen-bond donors (Lipinski definition) is 1. The summed E-state index contributed by atoms with van der Waals surface area (Å²) in [4.78, 5) is 53.3. The molecule has 0 aliphatic carbocycles. The Morgan fingerprint density at radius 2 is 0.960 bits per heavy atom. The van der Waals surface area contributed by atoms with Crippen molar-refractivity contribution < 1.29 is 33.4 Å². The van der Waals surface area contributed by atoms with Gasteiger partial charge in [-0.2, -0.15) is 0 Å². The van der Waals surface area contributed by atoms with Crippen molar-refractivity contribution in [1.29, 1.82) is 0 Å². The van der Waals surface area contributed by atoms with Crippen molar-refractivity contribution in [3.05, 3.63) is 12.2 Å². The minimum atomic E-state index is -0.370. The summed E-state index contributed by atoms with van der Waals surface area (Å²) < 4.78 is 16.3. The van der Waals surface area contributed by atoms with Gasteiger partial charge in [0, 0.05) is 51.2 Å². The van der Waals surface area contributed by atoms with Gasteiger partial charge in [-0.15, -0.1) is 0 Å². The van der Waals surface area contributed by atoms with E-state index in [0.29, 0.717) is 58.5 Å². The van der Waals surface area contributed by atoms with Crippen LogP contribution >= 0.6 is 0 Å². The summed E-state index contributed by atoms with van der Waals surface area (Å²) in [7, 11) is 3.93. The number of hydrogen-bond acceptors (Lipinski definition) is 8. The standard InChI is InChI=1S/C40H75N3O7/c1-5-7-9-11-13-15-17-19-21-25-39(46)49-33-23-30-43(38(45)28-27-37(44)41-29-35-48-36-32-42(3)4)31-24-34-50-40(47)26-22-20-18-16-14-12-10-8-6-2/h27-28H,5-26,29-36H2,1-4H3,(H,41,44)/b28-27-. The maximum absolute atomic E-state index is 13.0. The van der Waals surface area contributed by atoms with E-state index < -0.39 is 0 Å². The first-order valence-electron chi connectivity index (χ1n) is 20.1. The van der Waals surface area contributed by atoms with Gasteiger partial charge in [0.2, 0.25) is 11.8 Å². The van der Waals surface area contributed by atoms with Crippen molar-refractivity contribution in [2.45, 2.75) is 155 Å². The number of carbonyl (C=O) groups excluding carboxylic acids is 4. The van der Waals surface area contributed by atoms with Crippen molar-refractivity contribution >= 4 is 23.8 Å². The molecule has 1 N–H and O–H groups in total. The Balaban J connectivity index is 4.49. The number of nitrogens with zero attached hydrogens (tertiary/aromatic N) is 2. The molecular weight excluding hydrogens is 634 g/mol. The fraction of sp³-hybridized carbons (Fsp3) is 0.850. The zero-order valence-electron chi connectivity index (χ0n) is 32.6. The average Bonchev–Trinajstić information content (AvgIpc) is 3.09. The molecule has 0 atom stereocenters. The molecule has 10 nitrogen and oxygen atoms in total. The van der Waals surface area contributed by atoms with E-state index in [1.165, 1.54) is 89.2 Å². The average molecular weight is 710 g/mol. The van der Waals surface area contributed by atoms with Crippen LogP contribution in [-0.2, 0) is 33.4 Å². The molecule has 2 amide bonds. The number of nitrogens with one attached hydrogen (secondary N) is 1. The fourth-order valence-electron chi connectivity index (χ4n) is 5.43. The smallest absolute Gasteiger partial charge is 0.305 e. The number of ether oxygens (including phenoxy) is 3.